The number of rotatable bonds is 8. The van der Waals surface area contributed by atoms with Gasteiger partial charge in [0.2, 0.25) is 5.91 Å². The Labute approximate surface area is 169 Å². The Morgan fingerprint density at radius 2 is 1.93 bits per heavy atom. The van der Waals surface area contributed by atoms with Gasteiger partial charge in [-0.15, -0.1) is 0 Å². The summed E-state index contributed by atoms with van der Waals surface area (Å²) in [5.41, 5.74) is 0.779. The highest BCUT2D eigenvalue weighted by Gasteiger charge is 2.29. The average Bonchev–Trinajstić information content (AvgIpc) is 3.02. The zero-order valence-electron chi connectivity index (χ0n) is 16.2. The third-order valence-corrected chi connectivity index (χ3v) is 5.97. The highest BCUT2D eigenvalue weighted by molar-refractivity contribution is 7.91. The van der Waals surface area contributed by atoms with Gasteiger partial charge in [0.25, 0.3) is 5.91 Å². The molecule has 0 spiro atoms. The predicted molar refractivity (Wildman–Crippen MR) is 106 cm³/mol. The van der Waals surface area contributed by atoms with Crippen LogP contribution in [-0.4, -0.2) is 63.5 Å². The zero-order chi connectivity index (χ0) is 21.4. The molecule has 0 radical (unpaired) electrons. The topological polar surface area (TPSA) is 128 Å². The molecule has 1 aliphatic rings. The molecule has 1 saturated heterocycles. The minimum absolute atomic E-state index is 0.0326. The maximum Gasteiger partial charge on any atom is 0.328 e. The fourth-order valence-electron chi connectivity index (χ4n) is 2.65. The maximum absolute atomic E-state index is 11.9. The van der Waals surface area contributed by atoms with Crippen LogP contribution in [0.2, 0.25) is 0 Å². The third-order valence-electron chi connectivity index (χ3n) is 4.20. The molecular weight excluding hydrogens is 400 g/mol. The van der Waals surface area contributed by atoms with E-state index in [1.165, 1.54) is 13.0 Å². The van der Waals surface area contributed by atoms with Gasteiger partial charge in [-0.3, -0.25) is 9.59 Å². The zero-order valence-corrected chi connectivity index (χ0v) is 17.0. The molecule has 10 heteroatoms. The van der Waals surface area contributed by atoms with Crippen molar-refractivity contribution in [3.05, 3.63) is 35.9 Å². The lowest BCUT2D eigenvalue weighted by molar-refractivity contribution is -0.151. The minimum atomic E-state index is -3.11. The van der Waals surface area contributed by atoms with Crippen LogP contribution in [0, 0.1) is 0 Å². The van der Waals surface area contributed by atoms with Gasteiger partial charge in [0.15, 0.2) is 16.4 Å². The number of nitrogens with one attached hydrogen (secondary N) is 2. The summed E-state index contributed by atoms with van der Waals surface area (Å²) in [5, 5.41) is 4.96. The van der Waals surface area contributed by atoms with E-state index in [4.69, 9.17) is 9.47 Å². The monoisotopic (exact) mass is 424 g/mol. The van der Waals surface area contributed by atoms with Crippen LogP contribution in [0.15, 0.2) is 30.3 Å². The summed E-state index contributed by atoms with van der Waals surface area (Å²) < 4.78 is 32.6. The summed E-state index contributed by atoms with van der Waals surface area (Å²) in [5.74, 6) is -1.24. The molecule has 2 N–H and O–H groups in total. The largest absolute Gasteiger partial charge is 0.497 e. The Balaban J connectivity index is 1.72. The third kappa shape index (κ3) is 7.57. The smallest absolute Gasteiger partial charge is 0.328 e. The number of sulfone groups is 1. The van der Waals surface area contributed by atoms with Crippen molar-refractivity contribution in [2.75, 3.05) is 25.2 Å². The van der Waals surface area contributed by atoms with Crippen molar-refractivity contribution >= 4 is 33.7 Å². The molecule has 158 valence electrons. The van der Waals surface area contributed by atoms with E-state index in [9.17, 15) is 22.8 Å². The van der Waals surface area contributed by atoms with E-state index < -0.39 is 46.3 Å². The van der Waals surface area contributed by atoms with Crippen LogP contribution in [0.25, 0.3) is 6.08 Å². The van der Waals surface area contributed by atoms with Gasteiger partial charge < -0.3 is 20.1 Å². The van der Waals surface area contributed by atoms with Crippen LogP contribution in [0.3, 0.4) is 0 Å². The van der Waals surface area contributed by atoms with Gasteiger partial charge in [-0.1, -0.05) is 12.1 Å². The molecule has 0 aliphatic carbocycles. The van der Waals surface area contributed by atoms with Gasteiger partial charge in [0.05, 0.1) is 18.6 Å². The lowest BCUT2D eigenvalue weighted by Crippen LogP contribution is -2.42. The molecule has 1 fully saturated rings. The first kappa shape index (κ1) is 22.4. The van der Waals surface area contributed by atoms with Crippen LogP contribution in [-0.2, 0) is 29.0 Å². The van der Waals surface area contributed by atoms with Crippen molar-refractivity contribution in [2.24, 2.45) is 0 Å². The Morgan fingerprint density at radius 3 is 2.52 bits per heavy atom. The summed E-state index contributed by atoms with van der Waals surface area (Å²) in [6.07, 6.45) is 3.20. The van der Waals surface area contributed by atoms with Gasteiger partial charge in [-0.05, 0) is 37.1 Å². The van der Waals surface area contributed by atoms with Gasteiger partial charge in [0, 0.05) is 12.1 Å². The number of hydrogen-bond donors (Lipinski definition) is 2. The van der Waals surface area contributed by atoms with Crippen LogP contribution in [0.5, 0.6) is 5.75 Å². The molecule has 29 heavy (non-hydrogen) atoms. The normalized spacial score (nSPS) is 18.8. The first-order chi connectivity index (χ1) is 13.7. The number of methoxy groups -OCH3 is 1. The van der Waals surface area contributed by atoms with E-state index in [1.54, 1.807) is 37.5 Å². The van der Waals surface area contributed by atoms with E-state index >= 15 is 0 Å². The molecule has 1 aromatic rings. The summed E-state index contributed by atoms with van der Waals surface area (Å²) in [4.78, 5) is 35.6. The van der Waals surface area contributed by atoms with Crippen LogP contribution >= 0.6 is 0 Å². The summed E-state index contributed by atoms with van der Waals surface area (Å²) in [6.45, 7) is 0.889. The van der Waals surface area contributed by atoms with Crippen LogP contribution in [0.1, 0.15) is 18.9 Å². The summed E-state index contributed by atoms with van der Waals surface area (Å²) >= 11 is 0. The summed E-state index contributed by atoms with van der Waals surface area (Å²) in [6, 6.07) is 5.63. The predicted octanol–water partition coefficient (Wildman–Crippen LogP) is 0.0596. The number of benzene rings is 1. The molecular formula is C19H24N2O7S. The standard InChI is InChI=1S/C19H24N2O7S/c1-13(20-17(22)8-5-14-3-6-16(27-2)7-4-14)19(24)28-11-18(23)21-15-9-10-29(25,26)12-15/h3-8,13,15H,9-12H2,1-2H3,(H,20,22)(H,21,23)/b8-5+/t13-,15-/m0/s1. The number of carbonyl (C=O) groups excluding carboxylic acids is 3. The number of esters is 1. The second-order valence-electron chi connectivity index (χ2n) is 6.61. The van der Waals surface area contributed by atoms with Crippen LogP contribution < -0.4 is 15.4 Å². The summed E-state index contributed by atoms with van der Waals surface area (Å²) in [7, 11) is -1.55. The Morgan fingerprint density at radius 1 is 1.24 bits per heavy atom. The lowest BCUT2D eigenvalue weighted by Gasteiger charge is -2.14. The highest BCUT2D eigenvalue weighted by atomic mass is 32.2. The molecule has 1 heterocycles. The number of ether oxygens (including phenoxy) is 2. The van der Waals surface area contributed by atoms with Gasteiger partial charge in [-0.25, -0.2) is 13.2 Å². The van der Waals surface area contributed by atoms with Crippen LogP contribution in [0.4, 0.5) is 0 Å². The molecule has 1 aliphatic heterocycles. The first-order valence-corrected chi connectivity index (χ1v) is 10.8. The Kier molecular flexibility index (Phi) is 7.77. The van der Waals surface area contributed by atoms with Crippen molar-refractivity contribution in [1.82, 2.24) is 10.6 Å². The Bertz CT molecular complexity index is 878. The van der Waals surface area contributed by atoms with Crippen molar-refractivity contribution in [2.45, 2.75) is 25.4 Å². The van der Waals surface area contributed by atoms with E-state index in [0.717, 1.165) is 5.56 Å². The number of carbonyl (C=O) groups is 3. The maximum atomic E-state index is 11.9. The van der Waals surface area contributed by atoms with Gasteiger partial charge >= 0.3 is 5.97 Å². The minimum Gasteiger partial charge on any atom is -0.497 e. The number of amides is 2. The van der Waals surface area contributed by atoms with Crippen molar-refractivity contribution in [3.63, 3.8) is 0 Å². The van der Waals surface area contributed by atoms with Gasteiger partial charge in [0.1, 0.15) is 11.8 Å². The van der Waals surface area contributed by atoms with E-state index in [1.807, 2.05) is 0 Å². The molecule has 0 aromatic heterocycles. The average molecular weight is 424 g/mol. The second kappa shape index (κ2) is 10.1. The SMILES string of the molecule is COc1ccc(/C=C/C(=O)N[C@@H](C)C(=O)OCC(=O)N[C@H]2CCS(=O)(=O)C2)cc1. The van der Waals surface area contributed by atoms with Crippen molar-refractivity contribution in [3.8, 4) is 5.75 Å². The van der Waals surface area contributed by atoms with E-state index in [-0.39, 0.29) is 11.5 Å². The fraction of sp³-hybridized carbons (Fsp3) is 0.421. The second-order valence-corrected chi connectivity index (χ2v) is 8.84. The quantitative estimate of drug-likeness (QED) is 0.446. The molecule has 2 amide bonds. The molecule has 0 unspecified atom stereocenters. The van der Waals surface area contributed by atoms with Crippen molar-refractivity contribution < 1.29 is 32.3 Å². The molecule has 0 bridgehead atoms. The molecule has 0 saturated carbocycles. The Hall–Kier alpha value is -2.88. The van der Waals surface area contributed by atoms with E-state index in [2.05, 4.69) is 10.6 Å². The molecule has 9 nitrogen and oxygen atoms in total. The van der Waals surface area contributed by atoms with Crippen molar-refractivity contribution in [1.29, 1.82) is 0 Å². The van der Waals surface area contributed by atoms with Gasteiger partial charge in [-0.2, -0.15) is 0 Å². The molecule has 2 atom stereocenters. The molecule has 2 rings (SSSR count). The highest BCUT2D eigenvalue weighted by Crippen LogP contribution is 2.12. The molecule has 1 aromatic carbocycles. The first-order valence-electron chi connectivity index (χ1n) is 8.97. The van der Waals surface area contributed by atoms with E-state index in [0.29, 0.717) is 12.2 Å². The number of hydrogen-bond acceptors (Lipinski definition) is 7. The lowest BCUT2D eigenvalue weighted by atomic mass is 10.2. The fourth-order valence-corrected chi connectivity index (χ4v) is 4.32.